The summed E-state index contributed by atoms with van der Waals surface area (Å²) in [6.45, 7) is 0. The van der Waals surface area contributed by atoms with Crippen LogP contribution in [0.1, 0.15) is 0 Å². The largest absolute Gasteiger partial charge is 0.743 e. The SMILES string of the molecule is O=S(=O)([O-])c1ccc(-c2ccc(-c3cccs3)s2)s1. The summed E-state index contributed by atoms with van der Waals surface area (Å²) in [7, 11) is -4.35. The van der Waals surface area contributed by atoms with Crippen molar-refractivity contribution < 1.29 is 13.0 Å². The normalized spacial score (nSPS) is 11.8. The van der Waals surface area contributed by atoms with Crippen molar-refractivity contribution in [1.29, 1.82) is 0 Å². The Morgan fingerprint density at radius 3 is 2.05 bits per heavy atom. The molecule has 7 heteroatoms. The van der Waals surface area contributed by atoms with E-state index in [9.17, 15) is 13.0 Å². The van der Waals surface area contributed by atoms with Crippen LogP contribution in [0.15, 0.2) is 46.0 Å². The Balaban J connectivity index is 1.97. The van der Waals surface area contributed by atoms with Gasteiger partial charge in [0.25, 0.3) is 0 Å². The molecule has 0 radical (unpaired) electrons. The fraction of sp³-hybridized carbons (Fsp3) is 0. The van der Waals surface area contributed by atoms with E-state index in [0.29, 0.717) is 0 Å². The van der Waals surface area contributed by atoms with Crippen LogP contribution in [-0.2, 0) is 10.1 Å². The second kappa shape index (κ2) is 4.84. The lowest BCUT2D eigenvalue weighted by atomic mass is 10.3. The van der Waals surface area contributed by atoms with Crippen molar-refractivity contribution in [2.75, 3.05) is 0 Å². The van der Waals surface area contributed by atoms with Gasteiger partial charge in [-0.3, -0.25) is 0 Å². The van der Waals surface area contributed by atoms with Gasteiger partial charge in [0.2, 0.25) is 0 Å². The maximum atomic E-state index is 10.9. The summed E-state index contributed by atoms with van der Waals surface area (Å²) in [5.74, 6) is 0. The molecule has 0 aliphatic rings. The van der Waals surface area contributed by atoms with E-state index in [1.165, 1.54) is 10.9 Å². The van der Waals surface area contributed by atoms with E-state index in [1.54, 1.807) is 28.7 Å². The van der Waals surface area contributed by atoms with Gasteiger partial charge in [-0.15, -0.1) is 34.0 Å². The highest BCUT2D eigenvalue weighted by molar-refractivity contribution is 7.88. The second-order valence-corrected chi connectivity index (χ2v) is 8.44. The van der Waals surface area contributed by atoms with Crippen molar-refractivity contribution in [3.63, 3.8) is 0 Å². The summed E-state index contributed by atoms with van der Waals surface area (Å²) >= 11 is 4.27. The van der Waals surface area contributed by atoms with Crippen LogP contribution in [0.4, 0.5) is 0 Å². The lowest BCUT2D eigenvalue weighted by Crippen LogP contribution is -1.93. The molecule has 0 saturated carbocycles. The van der Waals surface area contributed by atoms with Gasteiger partial charge in [-0.1, -0.05) is 6.07 Å². The predicted octanol–water partition coefficient (Wildman–Crippen LogP) is 4.11. The third-order valence-electron chi connectivity index (χ3n) is 2.44. The average molecular weight is 327 g/mol. The number of thiophene rings is 3. The smallest absolute Gasteiger partial charge is 0.134 e. The lowest BCUT2D eigenvalue weighted by Gasteiger charge is -2.00. The van der Waals surface area contributed by atoms with Gasteiger partial charge in [-0.2, -0.15) is 0 Å². The van der Waals surface area contributed by atoms with Gasteiger partial charge < -0.3 is 4.55 Å². The molecular formula is C12H7O3S4-. The molecule has 3 rings (SSSR count). The van der Waals surface area contributed by atoms with E-state index >= 15 is 0 Å². The molecule has 98 valence electrons. The third-order valence-corrected chi connectivity index (χ3v) is 7.16. The standard InChI is InChI=1S/C12H8O3S4/c13-19(14,15)12-6-5-11(18-12)10-4-3-9(17-10)8-2-1-7-16-8/h1-7H,(H,13,14,15)/p-1. The summed E-state index contributed by atoms with van der Waals surface area (Å²) in [4.78, 5) is 4.11. The maximum absolute atomic E-state index is 10.9. The minimum atomic E-state index is -4.35. The predicted molar refractivity (Wildman–Crippen MR) is 78.9 cm³/mol. The van der Waals surface area contributed by atoms with Gasteiger partial charge in [-0.05, 0) is 35.7 Å². The van der Waals surface area contributed by atoms with Crippen molar-refractivity contribution in [3.8, 4) is 19.5 Å². The first-order valence-electron chi connectivity index (χ1n) is 5.24. The molecule has 0 spiro atoms. The van der Waals surface area contributed by atoms with Gasteiger partial charge in [-0.25, -0.2) is 8.42 Å². The zero-order valence-corrected chi connectivity index (χ0v) is 12.7. The highest BCUT2D eigenvalue weighted by Gasteiger charge is 2.10. The Labute approximate surface area is 122 Å². The molecule has 0 amide bonds. The van der Waals surface area contributed by atoms with Crippen LogP contribution in [-0.4, -0.2) is 13.0 Å². The van der Waals surface area contributed by atoms with Gasteiger partial charge in [0.1, 0.15) is 14.3 Å². The molecule has 0 N–H and O–H groups in total. The molecule has 0 saturated heterocycles. The average Bonchev–Trinajstić information content (AvgIpc) is 3.10. The molecule has 3 heterocycles. The first kappa shape index (κ1) is 13.0. The van der Waals surface area contributed by atoms with Crippen LogP contribution in [0, 0.1) is 0 Å². The quantitative estimate of drug-likeness (QED) is 0.680. The highest BCUT2D eigenvalue weighted by Crippen LogP contribution is 2.39. The fourth-order valence-corrected chi connectivity index (χ4v) is 5.19. The lowest BCUT2D eigenvalue weighted by molar-refractivity contribution is 0.465. The van der Waals surface area contributed by atoms with E-state index in [-0.39, 0.29) is 4.21 Å². The van der Waals surface area contributed by atoms with Crippen LogP contribution >= 0.6 is 34.0 Å². The molecule has 0 atom stereocenters. The zero-order valence-electron chi connectivity index (χ0n) is 9.40. The molecule has 0 unspecified atom stereocenters. The van der Waals surface area contributed by atoms with Crippen molar-refractivity contribution in [2.24, 2.45) is 0 Å². The van der Waals surface area contributed by atoms with E-state index in [1.807, 2.05) is 29.6 Å². The summed E-state index contributed by atoms with van der Waals surface area (Å²) in [5.41, 5.74) is 0. The van der Waals surface area contributed by atoms with Gasteiger partial charge in [0, 0.05) is 19.5 Å². The molecule has 19 heavy (non-hydrogen) atoms. The van der Waals surface area contributed by atoms with Gasteiger partial charge in [0.15, 0.2) is 0 Å². The minimum absolute atomic E-state index is 0.131. The number of hydrogen-bond donors (Lipinski definition) is 0. The highest BCUT2D eigenvalue weighted by atomic mass is 32.3. The van der Waals surface area contributed by atoms with Crippen LogP contribution in [0.3, 0.4) is 0 Å². The first-order chi connectivity index (χ1) is 9.04. The van der Waals surface area contributed by atoms with Gasteiger partial charge >= 0.3 is 0 Å². The zero-order chi connectivity index (χ0) is 13.5. The number of rotatable bonds is 3. The Morgan fingerprint density at radius 2 is 1.47 bits per heavy atom. The van der Waals surface area contributed by atoms with Crippen LogP contribution < -0.4 is 0 Å². The summed E-state index contributed by atoms with van der Waals surface area (Å²) in [6.07, 6.45) is 0. The Hall–Kier alpha value is -0.990. The molecule has 0 aliphatic carbocycles. The molecule has 0 aromatic carbocycles. The fourth-order valence-electron chi connectivity index (χ4n) is 1.61. The number of hydrogen-bond acceptors (Lipinski definition) is 6. The van der Waals surface area contributed by atoms with E-state index in [2.05, 4.69) is 0 Å². The van der Waals surface area contributed by atoms with Crippen molar-refractivity contribution >= 4 is 44.1 Å². The molecule has 0 bridgehead atoms. The Kier molecular flexibility index (Phi) is 3.32. The monoisotopic (exact) mass is 327 g/mol. The summed E-state index contributed by atoms with van der Waals surface area (Å²) < 4.78 is 32.7. The minimum Gasteiger partial charge on any atom is -0.743 e. The Bertz CT molecular complexity index is 794. The molecule has 0 aliphatic heterocycles. The van der Waals surface area contributed by atoms with Gasteiger partial charge in [0.05, 0.1) is 0 Å². The molecule has 0 fully saturated rings. The third kappa shape index (κ3) is 2.65. The van der Waals surface area contributed by atoms with E-state index < -0.39 is 10.1 Å². The Morgan fingerprint density at radius 1 is 0.842 bits per heavy atom. The van der Waals surface area contributed by atoms with E-state index in [0.717, 1.165) is 26.0 Å². The molecule has 3 aromatic rings. The van der Waals surface area contributed by atoms with Crippen LogP contribution in [0.5, 0.6) is 0 Å². The van der Waals surface area contributed by atoms with Crippen molar-refractivity contribution in [3.05, 3.63) is 41.8 Å². The summed E-state index contributed by atoms with van der Waals surface area (Å²) in [5, 5.41) is 2.02. The van der Waals surface area contributed by atoms with Crippen LogP contribution in [0.25, 0.3) is 19.5 Å². The van der Waals surface area contributed by atoms with E-state index in [4.69, 9.17) is 0 Å². The topological polar surface area (TPSA) is 57.2 Å². The molecular weight excluding hydrogens is 320 g/mol. The molecule has 3 nitrogen and oxygen atoms in total. The van der Waals surface area contributed by atoms with Crippen LogP contribution in [0.2, 0.25) is 0 Å². The maximum Gasteiger partial charge on any atom is 0.134 e. The molecule has 3 aromatic heterocycles. The first-order valence-corrected chi connectivity index (χ1v) is 9.16. The second-order valence-electron chi connectivity index (χ2n) is 3.71. The summed E-state index contributed by atoms with van der Waals surface area (Å²) in [6, 6.07) is 11.0. The van der Waals surface area contributed by atoms with Crippen molar-refractivity contribution in [1.82, 2.24) is 0 Å². The van der Waals surface area contributed by atoms with Crippen molar-refractivity contribution in [2.45, 2.75) is 4.21 Å².